The van der Waals surface area contributed by atoms with Gasteiger partial charge in [0.05, 0.1) is 0 Å². The number of hydrogen-bond acceptors (Lipinski definition) is 5. The van der Waals surface area contributed by atoms with Crippen LogP contribution in [0.1, 0.15) is 34.1 Å². The summed E-state index contributed by atoms with van der Waals surface area (Å²) in [6.07, 6.45) is 0.616. The standard InChI is InChI=1S/C23H34O5Si2/c1-5-24-23(25-6-2)19-20-29(26-7-3,21-15-11-9-12-16-21)30(28-23,27-8-4)22-17-13-10-14-18-22/h9-18H,5-8,19-20H2,1-4H3. The van der Waals surface area contributed by atoms with Crippen molar-refractivity contribution < 1.29 is 22.8 Å². The molecule has 0 spiro atoms. The fourth-order valence-corrected chi connectivity index (χ4v) is 18.7. The van der Waals surface area contributed by atoms with Crippen LogP contribution < -0.4 is 10.4 Å². The van der Waals surface area contributed by atoms with E-state index in [0.29, 0.717) is 32.8 Å². The molecule has 30 heavy (non-hydrogen) atoms. The van der Waals surface area contributed by atoms with Gasteiger partial charge in [0.15, 0.2) is 0 Å². The molecule has 2 aromatic carbocycles. The lowest BCUT2D eigenvalue weighted by Gasteiger charge is -2.53. The van der Waals surface area contributed by atoms with E-state index in [2.05, 4.69) is 43.3 Å². The molecule has 0 N–H and O–H groups in total. The van der Waals surface area contributed by atoms with Crippen LogP contribution in [0.2, 0.25) is 6.04 Å². The third-order valence-electron chi connectivity index (χ3n) is 5.47. The van der Waals surface area contributed by atoms with Crippen LogP contribution >= 0.6 is 0 Å². The Bertz CT molecular complexity index is 770. The Balaban J connectivity index is 2.27. The molecule has 0 amide bonds. The second-order valence-corrected chi connectivity index (χ2v) is 16.9. The average molecular weight is 447 g/mol. The molecule has 164 valence electrons. The summed E-state index contributed by atoms with van der Waals surface area (Å²) >= 11 is 0. The van der Waals surface area contributed by atoms with E-state index < -0.39 is 21.9 Å². The maximum atomic E-state index is 7.00. The molecule has 1 saturated heterocycles. The summed E-state index contributed by atoms with van der Waals surface area (Å²) in [6.45, 7) is 10.2. The van der Waals surface area contributed by atoms with Gasteiger partial charge in [0, 0.05) is 32.8 Å². The van der Waals surface area contributed by atoms with Gasteiger partial charge in [-0.1, -0.05) is 60.7 Å². The van der Waals surface area contributed by atoms with Gasteiger partial charge >= 0.3 is 8.08 Å². The summed E-state index contributed by atoms with van der Waals surface area (Å²) in [4.78, 5) is 0. The Morgan fingerprint density at radius 3 is 1.77 bits per heavy atom. The van der Waals surface area contributed by atoms with Gasteiger partial charge in [-0.3, -0.25) is 0 Å². The second kappa shape index (κ2) is 10.3. The minimum Gasteiger partial charge on any atom is -0.409 e. The van der Waals surface area contributed by atoms with Gasteiger partial charge in [-0.25, -0.2) is 0 Å². The smallest absolute Gasteiger partial charge is 0.391 e. The predicted octanol–water partition coefficient (Wildman–Crippen LogP) is 3.49. The van der Waals surface area contributed by atoms with Gasteiger partial charge < -0.3 is 22.8 Å². The highest BCUT2D eigenvalue weighted by Gasteiger charge is 2.70. The SMILES string of the molecule is CCOC1(OCC)CC[Si](OCC)(c2ccccc2)[Si](OCC)(c2ccccc2)O1. The highest BCUT2D eigenvalue weighted by atomic mass is 29.3. The molecule has 2 atom stereocenters. The highest BCUT2D eigenvalue weighted by molar-refractivity contribution is 7.44. The first-order chi connectivity index (χ1) is 14.6. The Morgan fingerprint density at radius 2 is 1.27 bits per heavy atom. The quantitative estimate of drug-likeness (QED) is 0.413. The van der Waals surface area contributed by atoms with Crippen LogP contribution in [-0.2, 0) is 22.8 Å². The van der Waals surface area contributed by atoms with E-state index >= 15 is 0 Å². The van der Waals surface area contributed by atoms with Crippen molar-refractivity contribution in [2.24, 2.45) is 0 Å². The molecule has 3 rings (SSSR count). The highest BCUT2D eigenvalue weighted by Crippen LogP contribution is 2.41. The van der Waals surface area contributed by atoms with E-state index in [1.54, 1.807) is 0 Å². The van der Waals surface area contributed by atoms with Crippen molar-refractivity contribution in [2.45, 2.75) is 46.1 Å². The molecular weight excluding hydrogens is 412 g/mol. The summed E-state index contributed by atoms with van der Waals surface area (Å²) < 4.78 is 32.7. The summed E-state index contributed by atoms with van der Waals surface area (Å²) in [6, 6.07) is 21.7. The van der Waals surface area contributed by atoms with E-state index in [1.165, 1.54) is 5.19 Å². The maximum Gasteiger partial charge on any atom is 0.391 e. The number of ether oxygens (including phenoxy) is 2. The van der Waals surface area contributed by atoms with Gasteiger partial charge in [0.2, 0.25) is 0 Å². The van der Waals surface area contributed by atoms with E-state index in [1.807, 2.05) is 45.0 Å². The second-order valence-electron chi connectivity index (χ2n) is 7.19. The van der Waals surface area contributed by atoms with Crippen molar-refractivity contribution >= 4 is 26.3 Å². The molecule has 1 heterocycles. The van der Waals surface area contributed by atoms with Crippen molar-refractivity contribution in [1.29, 1.82) is 0 Å². The maximum absolute atomic E-state index is 7.00. The number of benzene rings is 2. The normalized spacial score (nSPS) is 25.9. The summed E-state index contributed by atoms with van der Waals surface area (Å²) in [7, 11) is -5.86. The van der Waals surface area contributed by atoms with Crippen LogP contribution in [-0.4, -0.2) is 48.3 Å². The van der Waals surface area contributed by atoms with Crippen molar-refractivity contribution in [3.63, 3.8) is 0 Å². The first-order valence-electron chi connectivity index (χ1n) is 11.0. The lowest BCUT2D eigenvalue weighted by molar-refractivity contribution is -0.352. The molecular formula is C23H34O5Si2. The fourth-order valence-electron chi connectivity index (χ4n) is 4.45. The summed E-state index contributed by atoms with van der Waals surface area (Å²) in [5.41, 5.74) is 0. The van der Waals surface area contributed by atoms with E-state index in [0.717, 1.165) is 11.2 Å². The van der Waals surface area contributed by atoms with Gasteiger partial charge in [0.25, 0.3) is 13.8 Å². The Kier molecular flexibility index (Phi) is 8.03. The minimum atomic E-state index is -3.14. The number of rotatable bonds is 10. The molecule has 1 fully saturated rings. The zero-order valence-electron chi connectivity index (χ0n) is 18.6. The van der Waals surface area contributed by atoms with Gasteiger partial charge in [-0.05, 0) is 44.1 Å². The molecule has 0 aliphatic carbocycles. The molecule has 0 radical (unpaired) electrons. The van der Waals surface area contributed by atoms with Gasteiger partial charge in [-0.15, -0.1) is 0 Å². The average Bonchev–Trinajstić information content (AvgIpc) is 2.78. The zero-order chi connectivity index (χ0) is 21.5. The molecule has 2 unspecified atom stereocenters. The molecule has 5 nitrogen and oxygen atoms in total. The van der Waals surface area contributed by atoms with Crippen LogP contribution in [0.3, 0.4) is 0 Å². The first-order valence-corrected chi connectivity index (χ1v) is 15.9. The van der Waals surface area contributed by atoms with Crippen LogP contribution in [0.15, 0.2) is 60.7 Å². The molecule has 0 bridgehead atoms. The molecule has 1 aliphatic rings. The first kappa shape index (κ1) is 23.3. The summed E-state index contributed by atoms with van der Waals surface area (Å²) in [5, 5.41) is 2.27. The Morgan fingerprint density at radius 1 is 0.733 bits per heavy atom. The third kappa shape index (κ3) is 4.20. The lowest BCUT2D eigenvalue weighted by atomic mass is 10.4. The molecule has 0 saturated carbocycles. The fraction of sp³-hybridized carbons (Fsp3) is 0.478. The van der Waals surface area contributed by atoms with E-state index in [4.69, 9.17) is 22.8 Å². The third-order valence-corrected chi connectivity index (χ3v) is 18.8. The zero-order valence-corrected chi connectivity index (χ0v) is 20.6. The number of hydrogen-bond donors (Lipinski definition) is 0. The minimum absolute atomic E-state index is 0.500. The Labute approximate surface area is 182 Å². The van der Waals surface area contributed by atoms with Crippen LogP contribution in [0.5, 0.6) is 0 Å². The van der Waals surface area contributed by atoms with Crippen molar-refractivity contribution in [1.82, 2.24) is 0 Å². The predicted molar refractivity (Wildman–Crippen MR) is 123 cm³/mol. The van der Waals surface area contributed by atoms with E-state index in [9.17, 15) is 0 Å². The van der Waals surface area contributed by atoms with Crippen molar-refractivity contribution in [3.05, 3.63) is 60.7 Å². The Hall–Kier alpha value is -1.33. The molecule has 1 aliphatic heterocycles. The monoisotopic (exact) mass is 446 g/mol. The summed E-state index contributed by atoms with van der Waals surface area (Å²) in [5.74, 6) is -1.11. The van der Waals surface area contributed by atoms with Crippen LogP contribution in [0.4, 0.5) is 0 Å². The van der Waals surface area contributed by atoms with Crippen LogP contribution in [0, 0.1) is 0 Å². The van der Waals surface area contributed by atoms with Gasteiger partial charge in [0.1, 0.15) is 0 Å². The lowest BCUT2D eigenvalue weighted by Crippen LogP contribution is -2.84. The molecule has 2 aromatic rings. The largest absolute Gasteiger partial charge is 0.409 e. The topological polar surface area (TPSA) is 46.2 Å². The van der Waals surface area contributed by atoms with Crippen molar-refractivity contribution in [3.8, 4) is 0 Å². The molecule has 0 aromatic heterocycles. The van der Waals surface area contributed by atoms with Crippen molar-refractivity contribution in [2.75, 3.05) is 26.4 Å². The van der Waals surface area contributed by atoms with Crippen LogP contribution in [0.25, 0.3) is 0 Å². The van der Waals surface area contributed by atoms with E-state index in [-0.39, 0.29) is 0 Å². The van der Waals surface area contributed by atoms with Gasteiger partial charge in [-0.2, -0.15) is 0 Å². The molecule has 7 heteroatoms.